The van der Waals surface area contributed by atoms with Crippen molar-refractivity contribution in [3.8, 4) is 0 Å². The Kier molecular flexibility index (Phi) is 5.57. The monoisotopic (exact) mass is 404 g/mol. The quantitative estimate of drug-likeness (QED) is 0.465. The summed E-state index contributed by atoms with van der Waals surface area (Å²) in [6, 6.07) is 10.1. The zero-order chi connectivity index (χ0) is 20.3. The summed E-state index contributed by atoms with van der Waals surface area (Å²) in [5.41, 5.74) is 1.15. The van der Waals surface area contributed by atoms with Gasteiger partial charge in [-0.15, -0.1) is 0 Å². The molecule has 1 aromatic heterocycles. The Morgan fingerprint density at radius 3 is 2.54 bits per heavy atom. The summed E-state index contributed by atoms with van der Waals surface area (Å²) in [7, 11) is -4.04. The average Bonchev–Trinajstić information content (AvgIpc) is 3.10. The highest BCUT2D eigenvalue weighted by Gasteiger charge is 2.24. The number of H-pyrrole nitrogens is 1. The molecule has 0 radical (unpaired) electrons. The molecule has 9 heteroatoms. The van der Waals surface area contributed by atoms with Gasteiger partial charge in [-0.3, -0.25) is 9.59 Å². The number of benzene rings is 2. The molecular weight excluding hydrogens is 387 g/mol. The fraction of sp³-hybridized carbons (Fsp3) is 0.158. The Morgan fingerprint density at radius 1 is 1.14 bits per heavy atom. The van der Waals surface area contributed by atoms with Crippen LogP contribution < -0.4 is 4.72 Å². The predicted molar refractivity (Wildman–Crippen MR) is 99.8 cm³/mol. The SMILES string of the molecule is C[C@H](NS(=O)(=O)c1ccc(F)cc1)C(=O)OCC(=O)c1c[nH]c2ccccc12. The van der Waals surface area contributed by atoms with E-state index in [1.807, 2.05) is 12.1 Å². The van der Waals surface area contributed by atoms with E-state index in [0.29, 0.717) is 10.9 Å². The van der Waals surface area contributed by atoms with Gasteiger partial charge < -0.3 is 9.72 Å². The molecule has 1 atom stereocenters. The Morgan fingerprint density at radius 2 is 1.82 bits per heavy atom. The molecule has 146 valence electrons. The van der Waals surface area contributed by atoms with Gasteiger partial charge in [0.25, 0.3) is 0 Å². The number of rotatable bonds is 7. The number of ketones is 1. The maximum Gasteiger partial charge on any atom is 0.324 e. The van der Waals surface area contributed by atoms with Gasteiger partial charge in [0, 0.05) is 22.7 Å². The smallest absolute Gasteiger partial charge is 0.324 e. The Hall–Kier alpha value is -3.04. The van der Waals surface area contributed by atoms with Gasteiger partial charge in [-0.25, -0.2) is 12.8 Å². The van der Waals surface area contributed by atoms with E-state index in [4.69, 9.17) is 4.74 Å². The largest absolute Gasteiger partial charge is 0.456 e. The zero-order valence-corrected chi connectivity index (χ0v) is 15.6. The minimum absolute atomic E-state index is 0.191. The Labute approximate surface area is 160 Å². The average molecular weight is 404 g/mol. The number of para-hydroxylation sites is 1. The molecule has 0 fully saturated rings. The van der Waals surface area contributed by atoms with Crippen LogP contribution in [-0.2, 0) is 19.6 Å². The number of carbonyl (C=O) groups is 2. The normalized spacial score (nSPS) is 12.6. The fourth-order valence-corrected chi connectivity index (χ4v) is 3.80. The second-order valence-corrected chi connectivity index (χ2v) is 7.79. The minimum atomic E-state index is -4.04. The lowest BCUT2D eigenvalue weighted by Crippen LogP contribution is -2.40. The summed E-state index contributed by atoms with van der Waals surface area (Å²) >= 11 is 0. The van der Waals surface area contributed by atoms with Gasteiger partial charge in [-0.1, -0.05) is 18.2 Å². The van der Waals surface area contributed by atoms with E-state index in [2.05, 4.69) is 9.71 Å². The number of fused-ring (bicyclic) bond motifs is 1. The number of nitrogens with one attached hydrogen (secondary N) is 2. The van der Waals surface area contributed by atoms with Gasteiger partial charge in [-0.05, 0) is 37.3 Å². The van der Waals surface area contributed by atoms with Crippen LogP contribution >= 0.6 is 0 Å². The molecule has 7 nitrogen and oxygen atoms in total. The molecule has 28 heavy (non-hydrogen) atoms. The van der Waals surface area contributed by atoms with Crippen molar-refractivity contribution in [2.75, 3.05) is 6.61 Å². The number of hydrogen-bond donors (Lipinski definition) is 2. The number of ether oxygens (including phenoxy) is 1. The van der Waals surface area contributed by atoms with E-state index in [-0.39, 0.29) is 4.90 Å². The molecule has 0 unspecified atom stereocenters. The molecule has 2 N–H and O–H groups in total. The first-order valence-electron chi connectivity index (χ1n) is 8.32. The van der Waals surface area contributed by atoms with Crippen LogP contribution in [0.1, 0.15) is 17.3 Å². The minimum Gasteiger partial charge on any atom is -0.456 e. The molecular formula is C19H17FN2O5S. The van der Waals surface area contributed by atoms with E-state index in [1.165, 1.54) is 13.1 Å². The number of hydrogen-bond acceptors (Lipinski definition) is 5. The Balaban J connectivity index is 1.61. The molecule has 0 aliphatic rings. The number of Topliss-reactive ketones (excluding diaryl/α,β-unsaturated/α-hetero) is 1. The third kappa shape index (κ3) is 4.26. The van der Waals surface area contributed by atoms with Crippen LogP contribution in [0.5, 0.6) is 0 Å². The molecule has 3 rings (SSSR count). The zero-order valence-electron chi connectivity index (χ0n) is 14.8. The highest BCUT2D eigenvalue weighted by molar-refractivity contribution is 7.89. The maximum absolute atomic E-state index is 12.9. The lowest BCUT2D eigenvalue weighted by atomic mass is 10.1. The van der Waals surface area contributed by atoms with Gasteiger partial charge in [0.2, 0.25) is 15.8 Å². The number of carbonyl (C=O) groups excluding carboxylic acids is 2. The molecule has 0 aliphatic carbocycles. The molecule has 0 bridgehead atoms. The summed E-state index contributed by atoms with van der Waals surface area (Å²) in [5, 5.41) is 0.702. The van der Waals surface area contributed by atoms with Crippen molar-refractivity contribution >= 4 is 32.7 Å². The van der Waals surface area contributed by atoms with Crippen molar-refractivity contribution in [2.24, 2.45) is 0 Å². The van der Waals surface area contributed by atoms with Gasteiger partial charge in [-0.2, -0.15) is 4.72 Å². The first-order chi connectivity index (χ1) is 13.3. The number of sulfonamides is 1. The number of esters is 1. The summed E-state index contributed by atoms with van der Waals surface area (Å²) in [6.07, 6.45) is 1.53. The van der Waals surface area contributed by atoms with Gasteiger partial charge in [0.05, 0.1) is 4.90 Å². The third-order valence-corrected chi connectivity index (χ3v) is 5.60. The fourth-order valence-electron chi connectivity index (χ4n) is 2.60. The van der Waals surface area contributed by atoms with E-state index >= 15 is 0 Å². The maximum atomic E-state index is 12.9. The van der Waals surface area contributed by atoms with Crippen LogP contribution in [-0.4, -0.2) is 37.8 Å². The summed E-state index contributed by atoms with van der Waals surface area (Å²) in [4.78, 5) is 27.2. The van der Waals surface area contributed by atoms with Crippen molar-refractivity contribution in [1.29, 1.82) is 0 Å². The molecule has 0 spiro atoms. The number of aromatic amines is 1. The van der Waals surface area contributed by atoms with Crippen LogP contribution in [0.3, 0.4) is 0 Å². The first-order valence-corrected chi connectivity index (χ1v) is 9.80. The van der Waals surface area contributed by atoms with E-state index in [0.717, 1.165) is 29.8 Å². The van der Waals surface area contributed by atoms with Crippen LogP contribution in [0.25, 0.3) is 10.9 Å². The third-order valence-electron chi connectivity index (χ3n) is 4.04. The highest BCUT2D eigenvalue weighted by atomic mass is 32.2. The van der Waals surface area contributed by atoms with E-state index in [9.17, 15) is 22.4 Å². The topological polar surface area (TPSA) is 105 Å². The van der Waals surface area contributed by atoms with Crippen molar-refractivity contribution < 1.29 is 27.1 Å². The molecule has 0 saturated carbocycles. The molecule has 0 amide bonds. The van der Waals surface area contributed by atoms with Gasteiger partial charge in [0.15, 0.2) is 6.61 Å². The second kappa shape index (κ2) is 7.91. The molecule has 1 heterocycles. The van der Waals surface area contributed by atoms with Crippen molar-refractivity contribution in [3.05, 3.63) is 66.1 Å². The van der Waals surface area contributed by atoms with Gasteiger partial charge in [0.1, 0.15) is 11.9 Å². The van der Waals surface area contributed by atoms with Crippen LogP contribution in [0.15, 0.2) is 59.6 Å². The van der Waals surface area contributed by atoms with Crippen molar-refractivity contribution in [3.63, 3.8) is 0 Å². The van der Waals surface area contributed by atoms with Crippen molar-refractivity contribution in [2.45, 2.75) is 17.9 Å². The second-order valence-electron chi connectivity index (χ2n) is 6.08. The summed E-state index contributed by atoms with van der Waals surface area (Å²) in [5.74, 6) is -1.90. The van der Waals surface area contributed by atoms with Gasteiger partial charge >= 0.3 is 5.97 Å². The predicted octanol–water partition coefficient (Wildman–Crippen LogP) is 2.40. The number of halogens is 1. The van der Waals surface area contributed by atoms with Crippen LogP contribution in [0.4, 0.5) is 4.39 Å². The molecule has 2 aromatic carbocycles. The highest BCUT2D eigenvalue weighted by Crippen LogP contribution is 2.18. The molecule has 0 aliphatic heterocycles. The van der Waals surface area contributed by atoms with Crippen LogP contribution in [0.2, 0.25) is 0 Å². The molecule has 3 aromatic rings. The first kappa shape index (κ1) is 19.7. The standard InChI is InChI=1S/C19H17FN2O5S/c1-12(22-28(25,26)14-8-6-13(20)7-9-14)19(24)27-11-18(23)16-10-21-17-5-3-2-4-15(16)17/h2-10,12,21-22H,11H2,1H3/t12-/m0/s1. The lowest BCUT2D eigenvalue weighted by Gasteiger charge is -2.13. The number of aromatic nitrogens is 1. The summed E-state index contributed by atoms with van der Waals surface area (Å²) in [6.45, 7) is 0.767. The van der Waals surface area contributed by atoms with Crippen molar-refractivity contribution in [1.82, 2.24) is 9.71 Å². The van der Waals surface area contributed by atoms with E-state index < -0.39 is 40.2 Å². The Bertz CT molecular complexity index is 1120. The molecule has 0 saturated heterocycles. The lowest BCUT2D eigenvalue weighted by molar-refractivity contribution is -0.144. The van der Waals surface area contributed by atoms with E-state index in [1.54, 1.807) is 12.1 Å². The summed E-state index contributed by atoms with van der Waals surface area (Å²) < 4.78 is 44.5. The van der Waals surface area contributed by atoms with Crippen LogP contribution in [0, 0.1) is 5.82 Å².